The summed E-state index contributed by atoms with van der Waals surface area (Å²) in [5, 5.41) is 0. The van der Waals surface area contributed by atoms with E-state index in [1.807, 2.05) is 66.8 Å². The third-order valence-electron chi connectivity index (χ3n) is 5.08. The van der Waals surface area contributed by atoms with Gasteiger partial charge in [-0.2, -0.15) is 17.6 Å². The molecule has 1 aromatic rings. The van der Waals surface area contributed by atoms with Gasteiger partial charge < -0.3 is 5.73 Å². The Kier molecular flexibility index (Phi) is 23.1. The fourth-order valence-electron chi connectivity index (χ4n) is 2.84. The number of aromatic nitrogens is 1. The first kappa shape index (κ1) is 38.8. The minimum absolute atomic E-state index is 0.0682. The zero-order valence-corrected chi connectivity index (χ0v) is 24.3. The van der Waals surface area contributed by atoms with Gasteiger partial charge >= 0.3 is 11.8 Å². The molecule has 2 nitrogen and oxygen atoms in total. The molecule has 0 fully saturated rings. The highest BCUT2D eigenvalue weighted by Crippen LogP contribution is 2.42. The highest BCUT2D eigenvalue weighted by Gasteiger charge is 2.54. The molecule has 0 amide bonds. The number of halogens is 4. The lowest BCUT2D eigenvalue weighted by atomic mass is 9.87. The van der Waals surface area contributed by atoms with Crippen molar-refractivity contribution in [1.29, 1.82) is 0 Å². The Morgan fingerprint density at radius 2 is 1.25 bits per heavy atom. The molecule has 1 aromatic heterocycles. The lowest BCUT2D eigenvalue weighted by Gasteiger charge is -2.27. The molecule has 0 bridgehead atoms. The second-order valence-electron chi connectivity index (χ2n) is 9.58. The van der Waals surface area contributed by atoms with E-state index >= 15 is 0 Å². The molecule has 0 saturated carbocycles. The quantitative estimate of drug-likeness (QED) is 0.208. The first-order valence-corrected chi connectivity index (χ1v) is 13.4. The lowest BCUT2D eigenvalue weighted by molar-refractivity contribution is -0.214. The van der Waals surface area contributed by atoms with Crippen LogP contribution in [0.5, 0.6) is 0 Å². The topological polar surface area (TPSA) is 38.9 Å². The van der Waals surface area contributed by atoms with Crippen LogP contribution in [-0.4, -0.2) is 23.4 Å². The molecular weight excluding hydrogens is 464 g/mol. The molecule has 0 saturated heterocycles. The summed E-state index contributed by atoms with van der Waals surface area (Å²) < 4.78 is 55.2. The normalized spacial score (nSPS) is 11.1. The number of allylic oxidation sites excluding steroid dienone is 1. The van der Waals surface area contributed by atoms with Crippen molar-refractivity contribution in [2.75, 3.05) is 6.54 Å². The number of nitrogens with two attached hydrogens (primary N) is 1. The standard InChI is InChI=1S/C18H31F4N.C8H11N.2C2H6/c1-14(6-10-16(3,4)5)7-11-17(19,20)18(21,22)12-8-15(2)9-13-23;1-2-5-8-6-3-4-7-9-8;2*1-2/h1-2,6-13,23H2,3-5H3;3-4,6-7H,2,5H2,1H3;2*1-2H3. The van der Waals surface area contributed by atoms with Gasteiger partial charge in [0.25, 0.3) is 0 Å². The molecule has 0 unspecified atom stereocenters. The molecular formula is C30H54F4N2. The van der Waals surface area contributed by atoms with E-state index in [4.69, 9.17) is 5.73 Å². The number of pyridine rings is 1. The van der Waals surface area contributed by atoms with Crippen LogP contribution in [-0.2, 0) is 6.42 Å². The van der Waals surface area contributed by atoms with Gasteiger partial charge in [0.2, 0.25) is 0 Å². The Balaban J connectivity index is -0.000000688. The summed E-state index contributed by atoms with van der Waals surface area (Å²) in [7, 11) is 0. The maximum Gasteiger partial charge on any atom is 0.310 e. The number of alkyl halides is 4. The van der Waals surface area contributed by atoms with Crippen LogP contribution in [0.4, 0.5) is 17.6 Å². The van der Waals surface area contributed by atoms with Gasteiger partial charge in [0, 0.05) is 24.7 Å². The molecule has 0 radical (unpaired) electrons. The van der Waals surface area contributed by atoms with Gasteiger partial charge in [-0.3, -0.25) is 4.98 Å². The van der Waals surface area contributed by atoms with E-state index in [1.165, 1.54) is 12.1 Å². The van der Waals surface area contributed by atoms with E-state index in [-0.39, 0.29) is 24.8 Å². The van der Waals surface area contributed by atoms with Crippen molar-refractivity contribution in [2.45, 2.75) is 125 Å². The molecule has 1 heterocycles. The number of nitrogens with zero attached hydrogens (tertiary/aromatic N) is 1. The van der Waals surface area contributed by atoms with Crippen molar-refractivity contribution in [1.82, 2.24) is 4.98 Å². The molecule has 0 aromatic carbocycles. The summed E-state index contributed by atoms with van der Waals surface area (Å²) in [5.74, 6) is -8.06. The summed E-state index contributed by atoms with van der Waals surface area (Å²) >= 11 is 0. The molecule has 6 heteroatoms. The Bertz CT molecular complexity index is 665. The predicted molar refractivity (Wildman–Crippen MR) is 150 cm³/mol. The second kappa shape index (κ2) is 21.4. The van der Waals surface area contributed by atoms with Crippen molar-refractivity contribution >= 4 is 0 Å². The minimum Gasteiger partial charge on any atom is -0.330 e. The Labute approximate surface area is 219 Å². The van der Waals surface area contributed by atoms with Crippen molar-refractivity contribution in [3.8, 4) is 0 Å². The van der Waals surface area contributed by atoms with Crippen LogP contribution in [0.3, 0.4) is 0 Å². The number of hydrogen-bond donors (Lipinski definition) is 1. The Morgan fingerprint density at radius 1 is 0.806 bits per heavy atom. The molecule has 212 valence electrons. The SMILES string of the molecule is C=C(CCN)CCC(F)(F)C(F)(F)CCC(=C)CCC(C)(C)C.CC.CC.CCCc1ccccn1. The smallest absolute Gasteiger partial charge is 0.310 e. The minimum atomic E-state index is -4.03. The molecule has 0 aliphatic carbocycles. The van der Waals surface area contributed by atoms with E-state index in [0.29, 0.717) is 24.0 Å². The van der Waals surface area contributed by atoms with Gasteiger partial charge in [0.1, 0.15) is 0 Å². The average molecular weight is 519 g/mol. The third kappa shape index (κ3) is 20.5. The van der Waals surface area contributed by atoms with E-state index in [1.54, 1.807) is 0 Å². The fraction of sp³-hybridized carbons (Fsp3) is 0.700. The zero-order valence-electron chi connectivity index (χ0n) is 24.3. The molecule has 2 N–H and O–H groups in total. The molecule has 0 aliphatic heterocycles. The number of hydrogen-bond acceptors (Lipinski definition) is 2. The maximum absolute atomic E-state index is 13.8. The van der Waals surface area contributed by atoms with Crippen LogP contribution >= 0.6 is 0 Å². The fourth-order valence-corrected chi connectivity index (χ4v) is 2.84. The van der Waals surface area contributed by atoms with Gasteiger partial charge in [0.15, 0.2) is 0 Å². The summed E-state index contributed by atoms with van der Waals surface area (Å²) in [4.78, 5) is 4.17. The van der Waals surface area contributed by atoms with Crippen LogP contribution in [0.2, 0.25) is 0 Å². The van der Waals surface area contributed by atoms with Crippen molar-refractivity contribution in [2.24, 2.45) is 11.1 Å². The first-order valence-electron chi connectivity index (χ1n) is 13.4. The second-order valence-corrected chi connectivity index (χ2v) is 9.58. The maximum atomic E-state index is 13.8. The van der Waals surface area contributed by atoms with E-state index in [0.717, 1.165) is 12.8 Å². The number of rotatable bonds is 13. The van der Waals surface area contributed by atoms with Gasteiger partial charge in [-0.25, -0.2) is 0 Å². The van der Waals surface area contributed by atoms with Crippen molar-refractivity contribution in [3.63, 3.8) is 0 Å². The Morgan fingerprint density at radius 3 is 1.61 bits per heavy atom. The van der Waals surface area contributed by atoms with Gasteiger partial charge in [-0.1, -0.05) is 92.2 Å². The van der Waals surface area contributed by atoms with E-state index in [2.05, 4.69) is 31.1 Å². The third-order valence-corrected chi connectivity index (χ3v) is 5.08. The summed E-state index contributed by atoms with van der Waals surface area (Å²) in [5.41, 5.74) is 7.63. The molecule has 0 aliphatic rings. The van der Waals surface area contributed by atoms with Gasteiger partial charge in [-0.15, -0.1) is 0 Å². The van der Waals surface area contributed by atoms with Crippen molar-refractivity contribution in [3.05, 3.63) is 54.4 Å². The van der Waals surface area contributed by atoms with Crippen LogP contribution in [0, 0.1) is 5.41 Å². The van der Waals surface area contributed by atoms with Gasteiger partial charge in [-0.05, 0) is 62.6 Å². The largest absolute Gasteiger partial charge is 0.330 e. The highest BCUT2D eigenvalue weighted by molar-refractivity contribution is 5.03. The summed E-state index contributed by atoms with van der Waals surface area (Å²) in [6.07, 6.45) is 3.89. The Hall–Kier alpha value is -1.69. The summed E-state index contributed by atoms with van der Waals surface area (Å²) in [6, 6.07) is 6.03. The van der Waals surface area contributed by atoms with Crippen molar-refractivity contribution < 1.29 is 17.6 Å². The highest BCUT2D eigenvalue weighted by atomic mass is 19.3. The van der Waals surface area contributed by atoms with Crippen LogP contribution < -0.4 is 5.73 Å². The molecule has 1 rings (SSSR count). The zero-order chi connectivity index (χ0) is 28.8. The lowest BCUT2D eigenvalue weighted by Crippen LogP contribution is -2.40. The van der Waals surface area contributed by atoms with Gasteiger partial charge in [0.05, 0.1) is 0 Å². The summed E-state index contributed by atoms with van der Waals surface area (Å²) in [6.45, 7) is 23.9. The molecule has 0 spiro atoms. The average Bonchev–Trinajstić information content (AvgIpc) is 2.84. The van der Waals surface area contributed by atoms with Crippen LogP contribution in [0.15, 0.2) is 48.7 Å². The van der Waals surface area contributed by atoms with Crippen LogP contribution in [0.1, 0.15) is 112 Å². The first-order chi connectivity index (χ1) is 16.7. The molecule has 36 heavy (non-hydrogen) atoms. The number of aryl methyl sites for hydroxylation is 1. The van der Waals surface area contributed by atoms with Crippen LogP contribution in [0.25, 0.3) is 0 Å². The predicted octanol–water partition coefficient (Wildman–Crippen LogP) is 10.2. The van der Waals surface area contributed by atoms with E-state index in [9.17, 15) is 17.6 Å². The van der Waals surface area contributed by atoms with E-state index < -0.39 is 24.7 Å². The monoisotopic (exact) mass is 518 g/mol. The molecule has 0 atom stereocenters.